The lowest BCUT2D eigenvalue weighted by Gasteiger charge is -2.38. The Bertz CT molecular complexity index is 512. The molecule has 5 heteroatoms. The van der Waals surface area contributed by atoms with Crippen molar-refractivity contribution in [2.45, 2.75) is 46.1 Å². The first kappa shape index (κ1) is 15.7. The van der Waals surface area contributed by atoms with E-state index < -0.39 is 0 Å². The SMILES string of the molecule is Cc1cc(N2CCN(C(C)CC#N)CC2)nc(C(C)C)n1. The third-order valence-electron chi connectivity index (χ3n) is 4.02. The number of hydrogen-bond acceptors (Lipinski definition) is 5. The molecule has 1 aliphatic rings. The van der Waals surface area contributed by atoms with Crippen LogP contribution in [-0.2, 0) is 0 Å². The third kappa shape index (κ3) is 3.92. The first-order valence-corrected chi connectivity index (χ1v) is 7.72. The molecule has 1 aliphatic heterocycles. The Morgan fingerprint density at radius 2 is 1.86 bits per heavy atom. The summed E-state index contributed by atoms with van der Waals surface area (Å²) in [6.45, 7) is 12.3. The zero-order valence-electron chi connectivity index (χ0n) is 13.5. The maximum Gasteiger partial charge on any atom is 0.133 e. The Hall–Kier alpha value is -1.67. The van der Waals surface area contributed by atoms with E-state index in [2.05, 4.69) is 47.7 Å². The fraction of sp³-hybridized carbons (Fsp3) is 0.688. The van der Waals surface area contributed by atoms with Crippen LogP contribution in [0.4, 0.5) is 5.82 Å². The highest BCUT2D eigenvalue weighted by Crippen LogP contribution is 2.19. The second-order valence-electron chi connectivity index (χ2n) is 6.11. The van der Waals surface area contributed by atoms with Gasteiger partial charge >= 0.3 is 0 Å². The molecule has 21 heavy (non-hydrogen) atoms. The number of piperazine rings is 1. The number of anilines is 1. The molecule has 1 aromatic rings. The summed E-state index contributed by atoms with van der Waals surface area (Å²) in [5.41, 5.74) is 1.03. The number of aromatic nitrogens is 2. The lowest BCUT2D eigenvalue weighted by Crippen LogP contribution is -2.49. The van der Waals surface area contributed by atoms with Crippen molar-refractivity contribution >= 4 is 5.82 Å². The molecule has 5 nitrogen and oxygen atoms in total. The average Bonchev–Trinajstić information content (AvgIpc) is 2.47. The van der Waals surface area contributed by atoms with Crippen LogP contribution in [0.25, 0.3) is 0 Å². The molecule has 0 radical (unpaired) electrons. The number of aryl methyl sites for hydroxylation is 1. The molecule has 1 fully saturated rings. The molecule has 1 unspecified atom stereocenters. The van der Waals surface area contributed by atoms with Crippen molar-refractivity contribution < 1.29 is 0 Å². The highest BCUT2D eigenvalue weighted by atomic mass is 15.3. The zero-order chi connectivity index (χ0) is 15.4. The van der Waals surface area contributed by atoms with Gasteiger partial charge in [0.25, 0.3) is 0 Å². The summed E-state index contributed by atoms with van der Waals surface area (Å²) in [6.07, 6.45) is 0.601. The normalized spacial score (nSPS) is 17.8. The minimum atomic E-state index is 0.343. The van der Waals surface area contributed by atoms with E-state index in [1.807, 2.05) is 6.92 Å². The lowest BCUT2D eigenvalue weighted by molar-refractivity contribution is 0.199. The maximum absolute atomic E-state index is 8.81. The molecule has 114 valence electrons. The molecule has 0 spiro atoms. The first-order chi connectivity index (χ1) is 10.0. The Morgan fingerprint density at radius 3 is 2.43 bits per heavy atom. The molecule has 0 bridgehead atoms. The van der Waals surface area contributed by atoms with E-state index in [1.165, 1.54) is 0 Å². The third-order valence-corrected chi connectivity index (χ3v) is 4.02. The summed E-state index contributed by atoms with van der Waals surface area (Å²) in [7, 11) is 0. The van der Waals surface area contributed by atoms with Crippen LogP contribution in [0.3, 0.4) is 0 Å². The van der Waals surface area contributed by atoms with E-state index in [9.17, 15) is 0 Å². The van der Waals surface area contributed by atoms with E-state index >= 15 is 0 Å². The lowest BCUT2D eigenvalue weighted by atomic mass is 10.2. The van der Waals surface area contributed by atoms with E-state index in [-0.39, 0.29) is 0 Å². The number of hydrogen-bond donors (Lipinski definition) is 0. The minimum Gasteiger partial charge on any atom is -0.354 e. The largest absolute Gasteiger partial charge is 0.354 e. The maximum atomic E-state index is 8.81. The smallest absolute Gasteiger partial charge is 0.133 e. The molecular formula is C16H25N5. The van der Waals surface area contributed by atoms with Crippen LogP contribution >= 0.6 is 0 Å². The summed E-state index contributed by atoms with van der Waals surface area (Å²) >= 11 is 0. The summed E-state index contributed by atoms with van der Waals surface area (Å²) in [5.74, 6) is 2.31. The average molecular weight is 287 g/mol. The monoisotopic (exact) mass is 287 g/mol. The second kappa shape index (κ2) is 6.86. The summed E-state index contributed by atoms with van der Waals surface area (Å²) in [4.78, 5) is 13.9. The van der Waals surface area contributed by atoms with Gasteiger partial charge in [0.05, 0.1) is 12.5 Å². The van der Waals surface area contributed by atoms with Gasteiger partial charge in [0.1, 0.15) is 11.6 Å². The standard InChI is InChI=1S/C16H25N5/c1-12(2)16-18-13(3)11-15(19-16)21-9-7-20(8-10-21)14(4)5-6-17/h11-12,14H,5,7-10H2,1-4H3. The van der Waals surface area contributed by atoms with Crippen molar-refractivity contribution in [3.05, 3.63) is 17.6 Å². The van der Waals surface area contributed by atoms with Crippen LogP contribution in [0.5, 0.6) is 0 Å². The van der Waals surface area contributed by atoms with E-state index in [0.29, 0.717) is 18.4 Å². The van der Waals surface area contributed by atoms with E-state index in [4.69, 9.17) is 10.2 Å². The molecule has 2 heterocycles. The van der Waals surface area contributed by atoms with Gasteiger partial charge in [0, 0.05) is 49.9 Å². The predicted molar refractivity (Wildman–Crippen MR) is 84.3 cm³/mol. The molecule has 1 aromatic heterocycles. The summed E-state index contributed by atoms with van der Waals surface area (Å²) in [6, 6.07) is 4.67. The first-order valence-electron chi connectivity index (χ1n) is 7.72. The predicted octanol–water partition coefficient (Wildman–Crippen LogP) is 2.33. The minimum absolute atomic E-state index is 0.343. The Morgan fingerprint density at radius 1 is 1.19 bits per heavy atom. The topological polar surface area (TPSA) is 56.0 Å². The Labute approximate surface area is 127 Å². The molecule has 0 amide bonds. The van der Waals surface area contributed by atoms with Crippen LogP contribution in [0.2, 0.25) is 0 Å². The number of nitrogens with zero attached hydrogens (tertiary/aromatic N) is 5. The van der Waals surface area contributed by atoms with Crippen LogP contribution in [0.1, 0.15) is 44.6 Å². The van der Waals surface area contributed by atoms with Crippen molar-refractivity contribution in [2.75, 3.05) is 31.1 Å². The van der Waals surface area contributed by atoms with Gasteiger partial charge in [-0.05, 0) is 13.8 Å². The molecular weight excluding hydrogens is 262 g/mol. The molecule has 0 aromatic carbocycles. The van der Waals surface area contributed by atoms with Crippen LogP contribution < -0.4 is 4.90 Å². The molecule has 0 saturated carbocycles. The van der Waals surface area contributed by atoms with Gasteiger partial charge in [-0.25, -0.2) is 9.97 Å². The Balaban J connectivity index is 2.04. The van der Waals surface area contributed by atoms with E-state index in [1.54, 1.807) is 0 Å². The van der Waals surface area contributed by atoms with Crippen molar-refractivity contribution in [3.8, 4) is 6.07 Å². The summed E-state index contributed by atoms with van der Waals surface area (Å²) in [5, 5.41) is 8.81. The van der Waals surface area contributed by atoms with Gasteiger partial charge in [-0.15, -0.1) is 0 Å². The van der Waals surface area contributed by atoms with Gasteiger partial charge in [0.2, 0.25) is 0 Å². The van der Waals surface area contributed by atoms with Crippen molar-refractivity contribution in [1.82, 2.24) is 14.9 Å². The quantitative estimate of drug-likeness (QED) is 0.850. The zero-order valence-corrected chi connectivity index (χ0v) is 13.5. The molecule has 0 aliphatic carbocycles. The van der Waals surface area contributed by atoms with Crippen LogP contribution in [0.15, 0.2) is 6.07 Å². The number of nitriles is 1. The van der Waals surface area contributed by atoms with E-state index in [0.717, 1.165) is 43.5 Å². The number of rotatable bonds is 4. The summed E-state index contributed by atoms with van der Waals surface area (Å²) < 4.78 is 0. The molecule has 2 rings (SSSR count). The fourth-order valence-corrected chi connectivity index (χ4v) is 2.65. The Kier molecular flexibility index (Phi) is 5.13. The van der Waals surface area contributed by atoms with Gasteiger partial charge < -0.3 is 4.90 Å². The van der Waals surface area contributed by atoms with Gasteiger partial charge in [0.15, 0.2) is 0 Å². The fourth-order valence-electron chi connectivity index (χ4n) is 2.65. The molecule has 1 saturated heterocycles. The van der Waals surface area contributed by atoms with Crippen LogP contribution in [-0.4, -0.2) is 47.1 Å². The van der Waals surface area contributed by atoms with Crippen molar-refractivity contribution in [2.24, 2.45) is 0 Å². The molecule has 0 N–H and O–H groups in total. The van der Waals surface area contributed by atoms with Crippen molar-refractivity contribution in [3.63, 3.8) is 0 Å². The van der Waals surface area contributed by atoms with Gasteiger partial charge in [-0.3, -0.25) is 4.90 Å². The van der Waals surface area contributed by atoms with Gasteiger partial charge in [-0.1, -0.05) is 13.8 Å². The second-order valence-corrected chi connectivity index (χ2v) is 6.11. The highest BCUT2D eigenvalue weighted by Gasteiger charge is 2.22. The van der Waals surface area contributed by atoms with Gasteiger partial charge in [-0.2, -0.15) is 5.26 Å². The van der Waals surface area contributed by atoms with Crippen LogP contribution in [0, 0.1) is 18.3 Å². The highest BCUT2D eigenvalue weighted by molar-refractivity contribution is 5.40. The van der Waals surface area contributed by atoms with Crippen molar-refractivity contribution in [1.29, 1.82) is 5.26 Å². The molecule has 1 atom stereocenters.